The number of likely N-dealkylation sites (N-methyl/N-ethyl adjacent to an activating group) is 1. The molecule has 1 aromatic carbocycles. The molecule has 1 N–H and O–H groups in total. The zero-order valence-electron chi connectivity index (χ0n) is 13.0. The molecule has 0 amide bonds. The van der Waals surface area contributed by atoms with Gasteiger partial charge in [-0.3, -0.25) is 0 Å². The minimum atomic E-state index is 0.268. The highest BCUT2D eigenvalue weighted by molar-refractivity contribution is 5.42. The summed E-state index contributed by atoms with van der Waals surface area (Å²) < 4.78 is 10.7. The molecule has 0 aliphatic carbocycles. The van der Waals surface area contributed by atoms with Gasteiger partial charge in [0.2, 0.25) is 0 Å². The maximum Gasteiger partial charge on any atom is 0.127 e. The highest BCUT2D eigenvalue weighted by Gasteiger charge is 2.21. The minimum Gasteiger partial charge on any atom is -0.497 e. The second-order valence-electron chi connectivity index (χ2n) is 5.51. The van der Waals surface area contributed by atoms with E-state index in [0.717, 1.165) is 18.0 Å². The molecule has 20 heavy (non-hydrogen) atoms. The molecule has 1 saturated heterocycles. The van der Waals surface area contributed by atoms with Gasteiger partial charge in [0.05, 0.1) is 14.2 Å². The topological polar surface area (TPSA) is 33.7 Å². The van der Waals surface area contributed by atoms with Crippen molar-refractivity contribution in [2.45, 2.75) is 31.8 Å². The highest BCUT2D eigenvalue weighted by atomic mass is 16.5. The van der Waals surface area contributed by atoms with Crippen LogP contribution in [-0.2, 0) is 0 Å². The molecule has 0 aromatic heterocycles. The van der Waals surface area contributed by atoms with Crippen LogP contribution < -0.4 is 14.8 Å². The van der Waals surface area contributed by atoms with Crippen molar-refractivity contribution in [3.63, 3.8) is 0 Å². The van der Waals surface area contributed by atoms with Gasteiger partial charge in [0, 0.05) is 30.3 Å². The molecule has 2 atom stereocenters. The van der Waals surface area contributed by atoms with E-state index in [9.17, 15) is 0 Å². The van der Waals surface area contributed by atoms with E-state index < -0.39 is 0 Å². The minimum absolute atomic E-state index is 0.268. The lowest BCUT2D eigenvalue weighted by molar-refractivity contribution is 0.292. The number of ether oxygens (including phenoxy) is 2. The Morgan fingerprint density at radius 3 is 2.75 bits per heavy atom. The summed E-state index contributed by atoms with van der Waals surface area (Å²) in [5.74, 6) is 1.71. The van der Waals surface area contributed by atoms with Crippen LogP contribution in [0.2, 0.25) is 0 Å². The van der Waals surface area contributed by atoms with Crippen molar-refractivity contribution >= 4 is 0 Å². The first-order valence-corrected chi connectivity index (χ1v) is 7.31. The molecule has 0 saturated carbocycles. The fraction of sp³-hybridized carbons (Fsp3) is 0.625. The number of nitrogens with one attached hydrogen (secondary N) is 1. The molecule has 2 unspecified atom stereocenters. The van der Waals surface area contributed by atoms with Crippen LogP contribution in [-0.4, -0.2) is 45.3 Å². The predicted molar refractivity (Wildman–Crippen MR) is 81.6 cm³/mol. The average molecular weight is 278 g/mol. The first-order chi connectivity index (χ1) is 9.65. The Bertz CT molecular complexity index is 436. The second-order valence-corrected chi connectivity index (χ2v) is 5.51. The fourth-order valence-electron chi connectivity index (χ4n) is 2.84. The van der Waals surface area contributed by atoms with Crippen molar-refractivity contribution in [2.75, 3.05) is 34.4 Å². The normalized spacial score (nSPS) is 20.9. The molecule has 1 aliphatic heterocycles. The SMILES string of the molecule is COc1ccc(C(C)NCC2CCCN2C)c(OC)c1. The molecule has 2 rings (SSSR count). The summed E-state index contributed by atoms with van der Waals surface area (Å²) in [6, 6.07) is 6.92. The van der Waals surface area contributed by atoms with Crippen LogP contribution in [0.3, 0.4) is 0 Å². The first kappa shape index (κ1) is 15.1. The van der Waals surface area contributed by atoms with Crippen LogP contribution in [0, 0.1) is 0 Å². The summed E-state index contributed by atoms with van der Waals surface area (Å²) in [5, 5.41) is 3.62. The second kappa shape index (κ2) is 6.95. The van der Waals surface area contributed by atoms with E-state index in [2.05, 4.69) is 30.3 Å². The van der Waals surface area contributed by atoms with Gasteiger partial charge in [0.1, 0.15) is 11.5 Å². The third-order valence-corrected chi connectivity index (χ3v) is 4.24. The quantitative estimate of drug-likeness (QED) is 0.866. The van der Waals surface area contributed by atoms with Gasteiger partial charge >= 0.3 is 0 Å². The Morgan fingerprint density at radius 1 is 1.35 bits per heavy atom. The van der Waals surface area contributed by atoms with Gasteiger partial charge in [-0.05, 0) is 39.4 Å². The molecule has 4 nitrogen and oxygen atoms in total. The zero-order chi connectivity index (χ0) is 14.5. The molecular weight excluding hydrogens is 252 g/mol. The van der Waals surface area contributed by atoms with Crippen molar-refractivity contribution in [2.24, 2.45) is 0 Å². The van der Waals surface area contributed by atoms with E-state index >= 15 is 0 Å². The Morgan fingerprint density at radius 2 is 2.15 bits per heavy atom. The lowest BCUT2D eigenvalue weighted by Gasteiger charge is -2.23. The molecule has 1 heterocycles. The van der Waals surface area contributed by atoms with E-state index in [1.165, 1.54) is 24.9 Å². The first-order valence-electron chi connectivity index (χ1n) is 7.31. The van der Waals surface area contributed by atoms with E-state index in [1.54, 1.807) is 14.2 Å². The van der Waals surface area contributed by atoms with Crippen LogP contribution in [0.4, 0.5) is 0 Å². The number of nitrogens with zero attached hydrogens (tertiary/aromatic N) is 1. The fourth-order valence-corrected chi connectivity index (χ4v) is 2.84. The summed E-state index contributed by atoms with van der Waals surface area (Å²) >= 11 is 0. The Balaban J connectivity index is 1.99. The number of hydrogen-bond acceptors (Lipinski definition) is 4. The van der Waals surface area contributed by atoms with E-state index in [1.807, 2.05) is 12.1 Å². The third kappa shape index (κ3) is 3.44. The molecule has 0 radical (unpaired) electrons. The Kier molecular flexibility index (Phi) is 5.26. The molecule has 1 aliphatic rings. The highest BCUT2D eigenvalue weighted by Crippen LogP contribution is 2.29. The molecule has 1 fully saturated rings. The van der Waals surface area contributed by atoms with Gasteiger partial charge in [-0.1, -0.05) is 6.07 Å². The number of methoxy groups -OCH3 is 2. The lowest BCUT2D eigenvalue weighted by Crippen LogP contribution is -2.36. The number of rotatable bonds is 6. The molecule has 4 heteroatoms. The van der Waals surface area contributed by atoms with Gasteiger partial charge in [0.25, 0.3) is 0 Å². The number of likely N-dealkylation sites (tertiary alicyclic amines) is 1. The van der Waals surface area contributed by atoms with Gasteiger partial charge in [0.15, 0.2) is 0 Å². The van der Waals surface area contributed by atoms with Crippen molar-refractivity contribution in [1.29, 1.82) is 0 Å². The van der Waals surface area contributed by atoms with Gasteiger partial charge < -0.3 is 19.7 Å². The number of hydrogen-bond donors (Lipinski definition) is 1. The van der Waals surface area contributed by atoms with Crippen molar-refractivity contribution < 1.29 is 9.47 Å². The maximum absolute atomic E-state index is 5.47. The molecule has 112 valence electrons. The molecule has 1 aromatic rings. The van der Waals surface area contributed by atoms with Crippen LogP contribution in [0.1, 0.15) is 31.4 Å². The number of benzene rings is 1. The van der Waals surface area contributed by atoms with Gasteiger partial charge in [-0.15, -0.1) is 0 Å². The van der Waals surface area contributed by atoms with Gasteiger partial charge in [-0.25, -0.2) is 0 Å². The van der Waals surface area contributed by atoms with E-state index in [-0.39, 0.29) is 6.04 Å². The van der Waals surface area contributed by atoms with Crippen molar-refractivity contribution in [1.82, 2.24) is 10.2 Å². The largest absolute Gasteiger partial charge is 0.497 e. The molecule has 0 spiro atoms. The Hall–Kier alpha value is -1.26. The standard InChI is InChI=1S/C16H26N2O2/c1-12(17-11-13-6-5-9-18(13)2)15-8-7-14(19-3)10-16(15)20-4/h7-8,10,12-13,17H,5-6,9,11H2,1-4H3. The lowest BCUT2D eigenvalue weighted by atomic mass is 10.1. The maximum atomic E-state index is 5.47. The van der Waals surface area contributed by atoms with E-state index in [0.29, 0.717) is 6.04 Å². The smallest absolute Gasteiger partial charge is 0.127 e. The average Bonchev–Trinajstić information content (AvgIpc) is 2.89. The van der Waals surface area contributed by atoms with E-state index in [4.69, 9.17) is 9.47 Å². The molecule has 0 bridgehead atoms. The summed E-state index contributed by atoms with van der Waals surface area (Å²) in [5.41, 5.74) is 1.17. The Labute approximate surface area is 122 Å². The summed E-state index contributed by atoms with van der Waals surface area (Å²) in [6.07, 6.45) is 2.60. The van der Waals surface area contributed by atoms with Crippen LogP contribution in [0.15, 0.2) is 18.2 Å². The van der Waals surface area contributed by atoms with Crippen LogP contribution >= 0.6 is 0 Å². The van der Waals surface area contributed by atoms with Crippen molar-refractivity contribution in [3.05, 3.63) is 23.8 Å². The third-order valence-electron chi connectivity index (χ3n) is 4.24. The molecular formula is C16H26N2O2. The van der Waals surface area contributed by atoms with Crippen LogP contribution in [0.5, 0.6) is 11.5 Å². The summed E-state index contributed by atoms with van der Waals surface area (Å²) in [4.78, 5) is 2.44. The summed E-state index contributed by atoms with van der Waals surface area (Å²) in [6.45, 7) is 4.42. The van der Waals surface area contributed by atoms with Crippen molar-refractivity contribution in [3.8, 4) is 11.5 Å². The van der Waals surface area contributed by atoms with Gasteiger partial charge in [-0.2, -0.15) is 0 Å². The zero-order valence-corrected chi connectivity index (χ0v) is 13.0. The van der Waals surface area contributed by atoms with Crippen LogP contribution in [0.25, 0.3) is 0 Å². The predicted octanol–water partition coefficient (Wildman–Crippen LogP) is 2.45. The monoisotopic (exact) mass is 278 g/mol. The summed E-state index contributed by atoms with van der Waals surface area (Å²) in [7, 11) is 5.58.